The minimum absolute atomic E-state index is 0.0642. The molecule has 0 bridgehead atoms. The monoisotopic (exact) mass is 428 g/mol. The second-order valence-electron chi connectivity index (χ2n) is 12.5. The van der Waals surface area contributed by atoms with Gasteiger partial charge in [-0.15, -0.1) is 0 Å². The van der Waals surface area contributed by atoms with E-state index in [0.29, 0.717) is 36.5 Å². The number of ketones is 1. The minimum atomic E-state index is -0.694. The number of carbonyl (C=O) groups is 1. The minimum Gasteiger partial charge on any atom is -0.392 e. The Balaban J connectivity index is 1.58. The van der Waals surface area contributed by atoms with E-state index in [1.54, 1.807) is 0 Å². The SMILES string of the molecule is C=C(CC[C@](C)(O)[C@H]1CC[C@H]2[C@@H]3[C@H](O)CC4=CC(=O)CC[C@]4(C)[C@H]3CC[C@@]21C)C(C)C. The Bertz CT molecular complexity index is 777. The molecule has 0 spiro atoms. The summed E-state index contributed by atoms with van der Waals surface area (Å²) in [5, 5.41) is 22.9. The van der Waals surface area contributed by atoms with Gasteiger partial charge in [-0.05, 0) is 105 Å². The third-order valence-corrected chi connectivity index (χ3v) is 10.5. The molecule has 0 unspecified atom stereocenters. The Labute approximate surface area is 189 Å². The van der Waals surface area contributed by atoms with Gasteiger partial charge in [0.05, 0.1) is 11.7 Å². The molecule has 3 fully saturated rings. The van der Waals surface area contributed by atoms with Crippen LogP contribution in [0.15, 0.2) is 23.8 Å². The Hall–Kier alpha value is -0.930. The molecule has 3 nitrogen and oxygen atoms in total. The fourth-order valence-electron chi connectivity index (χ4n) is 8.42. The molecule has 3 heteroatoms. The smallest absolute Gasteiger partial charge is 0.155 e. The lowest BCUT2D eigenvalue weighted by Gasteiger charge is -2.60. The molecule has 4 aliphatic rings. The van der Waals surface area contributed by atoms with E-state index in [9.17, 15) is 15.0 Å². The van der Waals surface area contributed by atoms with E-state index in [0.717, 1.165) is 44.9 Å². The molecule has 0 radical (unpaired) electrons. The zero-order valence-electron chi connectivity index (χ0n) is 20.4. The van der Waals surface area contributed by atoms with Gasteiger partial charge in [0.15, 0.2) is 5.78 Å². The maximum absolute atomic E-state index is 12.1. The van der Waals surface area contributed by atoms with Gasteiger partial charge in [-0.2, -0.15) is 0 Å². The molecule has 2 N–H and O–H groups in total. The maximum atomic E-state index is 12.1. The third kappa shape index (κ3) is 3.68. The molecule has 0 amide bonds. The van der Waals surface area contributed by atoms with Crippen molar-refractivity contribution in [3.63, 3.8) is 0 Å². The number of carbonyl (C=O) groups excluding carboxylic acids is 1. The van der Waals surface area contributed by atoms with Crippen LogP contribution in [0.1, 0.15) is 92.4 Å². The maximum Gasteiger partial charge on any atom is 0.155 e. The molecule has 0 aromatic carbocycles. The fraction of sp³-hybridized carbons (Fsp3) is 0.821. The highest BCUT2D eigenvalue weighted by molar-refractivity contribution is 5.91. The lowest BCUT2D eigenvalue weighted by Crippen LogP contribution is -2.57. The van der Waals surface area contributed by atoms with Crippen LogP contribution in [-0.4, -0.2) is 27.7 Å². The van der Waals surface area contributed by atoms with Crippen molar-refractivity contribution in [3.8, 4) is 0 Å². The molecule has 4 aliphatic carbocycles. The second kappa shape index (κ2) is 7.83. The van der Waals surface area contributed by atoms with Gasteiger partial charge in [0.25, 0.3) is 0 Å². The van der Waals surface area contributed by atoms with Crippen LogP contribution >= 0.6 is 0 Å². The van der Waals surface area contributed by atoms with Crippen molar-refractivity contribution in [2.45, 2.75) is 104 Å². The van der Waals surface area contributed by atoms with Gasteiger partial charge in [0.1, 0.15) is 0 Å². The summed E-state index contributed by atoms with van der Waals surface area (Å²) in [5.74, 6) is 2.18. The summed E-state index contributed by atoms with van der Waals surface area (Å²) in [6, 6.07) is 0. The van der Waals surface area contributed by atoms with Crippen LogP contribution in [0.4, 0.5) is 0 Å². The molecule has 0 aromatic rings. The standard InChI is InChI=1S/C28H44O3/c1-17(2)18(3)9-14-28(6,31)24-8-7-21-25-22(11-13-27(21,24)5)26(4)12-10-20(29)15-19(26)16-23(25)30/h15,17,21-25,30-31H,3,7-14,16H2,1-2,4-6H3/t21-,22-,23+,24-,25-,26-,27-,28-/m0/s1. The molecular formula is C28H44O3. The number of rotatable bonds is 5. The van der Waals surface area contributed by atoms with Crippen molar-refractivity contribution in [2.24, 2.45) is 40.4 Å². The molecule has 4 rings (SSSR count). The first kappa shape index (κ1) is 23.2. The topological polar surface area (TPSA) is 57.5 Å². The molecule has 3 saturated carbocycles. The largest absolute Gasteiger partial charge is 0.392 e. The Kier molecular flexibility index (Phi) is 5.87. The summed E-state index contributed by atoms with van der Waals surface area (Å²) >= 11 is 0. The quantitative estimate of drug-likeness (QED) is 0.540. The molecule has 174 valence electrons. The summed E-state index contributed by atoms with van der Waals surface area (Å²) in [4.78, 5) is 12.1. The lowest BCUT2D eigenvalue weighted by molar-refractivity contribution is -0.138. The fourth-order valence-corrected chi connectivity index (χ4v) is 8.42. The van der Waals surface area contributed by atoms with Crippen molar-refractivity contribution >= 4 is 5.78 Å². The number of hydrogen-bond acceptors (Lipinski definition) is 3. The number of aliphatic hydroxyl groups is 2. The lowest BCUT2D eigenvalue weighted by atomic mass is 9.45. The highest BCUT2D eigenvalue weighted by Crippen LogP contribution is 2.68. The summed E-state index contributed by atoms with van der Waals surface area (Å²) in [5.41, 5.74) is 1.88. The average Bonchev–Trinajstić information content (AvgIpc) is 3.05. The first-order valence-electron chi connectivity index (χ1n) is 12.7. The van der Waals surface area contributed by atoms with Crippen LogP contribution in [-0.2, 0) is 4.79 Å². The van der Waals surface area contributed by atoms with Gasteiger partial charge >= 0.3 is 0 Å². The second-order valence-corrected chi connectivity index (χ2v) is 12.5. The molecule has 0 heterocycles. The summed E-state index contributed by atoms with van der Waals surface area (Å²) in [6.45, 7) is 15.4. The number of fused-ring (bicyclic) bond motifs is 5. The Morgan fingerprint density at radius 3 is 2.61 bits per heavy atom. The van der Waals surface area contributed by atoms with Crippen LogP contribution in [0.2, 0.25) is 0 Å². The van der Waals surface area contributed by atoms with E-state index in [1.165, 1.54) is 11.1 Å². The Morgan fingerprint density at radius 1 is 1.23 bits per heavy atom. The van der Waals surface area contributed by atoms with Gasteiger partial charge in [0, 0.05) is 6.42 Å². The van der Waals surface area contributed by atoms with Gasteiger partial charge < -0.3 is 10.2 Å². The number of aliphatic hydroxyl groups excluding tert-OH is 1. The summed E-state index contributed by atoms with van der Waals surface area (Å²) in [7, 11) is 0. The van der Waals surface area contributed by atoms with E-state index >= 15 is 0 Å². The number of hydrogen-bond donors (Lipinski definition) is 2. The van der Waals surface area contributed by atoms with Gasteiger partial charge in [-0.25, -0.2) is 0 Å². The first-order chi connectivity index (χ1) is 14.4. The highest BCUT2D eigenvalue weighted by atomic mass is 16.3. The summed E-state index contributed by atoms with van der Waals surface area (Å²) in [6.07, 6.45) is 9.79. The van der Waals surface area contributed by atoms with Gasteiger partial charge in [-0.1, -0.05) is 45.4 Å². The Morgan fingerprint density at radius 2 is 1.94 bits per heavy atom. The molecule has 0 saturated heterocycles. The van der Waals surface area contributed by atoms with Gasteiger partial charge in [-0.3, -0.25) is 4.79 Å². The predicted octanol–water partition coefficient (Wildman–Crippen LogP) is 5.85. The average molecular weight is 429 g/mol. The van der Waals surface area contributed by atoms with Crippen molar-refractivity contribution < 1.29 is 15.0 Å². The van der Waals surface area contributed by atoms with E-state index in [1.807, 2.05) is 6.08 Å². The van der Waals surface area contributed by atoms with Crippen molar-refractivity contribution in [2.75, 3.05) is 0 Å². The van der Waals surface area contributed by atoms with E-state index < -0.39 is 5.60 Å². The third-order valence-electron chi connectivity index (χ3n) is 10.5. The van der Waals surface area contributed by atoms with Crippen molar-refractivity contribution in [1.29, 1.82) is 0 Å². The first-order valence-corrected chi connectivity index (χ1v) is 12.7. The summed E-state index contributed by atoms with van der Waals surface area (Å²) < 4.78 is 0. The number of allylic oxidation sites excluding steroid dienone is 1. The molecular weight excluding hydrogens is 384 g/mol. The van der Waals surface area contributed by atoms with Crippen LogP contribution in [0.25, 0.3) is 0 Å². The van der Waals surface area contributed by atoms with E-state index in [2.05, 4.69) is 41.2 Å². The zero-order valence-corrected chi connectivity index (χ0v) is 20.4. The molecule has 31 heavy (non-hydrogen) atoms. The predicted molar refractivity (Wildman–Crippen MR) is 125 cm³/mol. The zero-order chi connectivity index (χ0) is 22.8. The molecule has 0 aliphatic heterocycles. The van der Waals surface area contributed by atoms with Crippen LogP contribution in [0, 0.1) is 40.4 Å². The van der Waals surface area contributed by atoms with Crippen LogP contribution in [0.5, 0.6) is 0 Å². The van der Waals surface area contributed by atoms with Crippen molar-refractivity contribution in [3.05, 3.63) is 23.8 Å². The molecule has 8 atom stereocenters. The van der Waals surface area contributed by atoms with Gasteiger partial charge in [0.2, 0.25) is 0 Å². The van der Waals surface area contributed by atoms with E-state index in [-0.39, 0.29) is 28.6 Å². The highest BCUT2D eigenvalue weighted by Gasteiger charge is 2.63. The van der Waals surface area contributed by atoms with Crippen LogP contribution < -0.4 is 0 Å². The van der Waals surface area contributed by atoms with Crippen LogP contribution in [0.3, 0.4) is 0 Å². The molecule has 0 aromatic heterocycles. The van der Waals surface area contributed by atoms with Crippen molar-refractivity contribution in [1.82, 2.24) is 0 Å². The normalized spacial score (nSPS) is 44.2. The van der Waals surface area contributed by atoms with E-state index in [4.69, 9.17) is 0 Å².